The van der Waals surface area contributed by atoms with Crippen LogP contribution in [-0.2, 0) is 23.2 Å². The lowest BCUT2D eigenvalue weighted by molar-refractivity contribution is -0.0335. The van der Waals surface area contributed by atoms with Crippen molar-refractivity contribution in [1.29, 1.82) is 0 Å². The van der Waals surface area contributed by atoms with Gasteiger partial charge >= 0.3 is 0 Å². The summed E-state index contributed by atoms with van der Waals surface area (Å²) < 4.78 is 11.4. The van der Waals surface area contributed by atoms with Gasteiger partial charge in [0, 0.05) is 19.6 Å². The van der Waals surface area contributed by atoms with Crippen LogP contribution in [0.5, 0.6) is 0 Å². The molecule has 0 spiro atoms. The zero-order valence-corrected chi connectivity index (χ0v) is 14.6. The minimum absolute atomic E-state index is 0.0862. The highest BCUT2D eigenvalue weighted by atomic mass is 16.5. The second-order valence-electron chi connectivity index (χ2n) is 7.29. The van der Waals surface area contributed by atoms with Gasteiger partial charge in [-0.15, -0.1) is 0 Å². The highest BCUT2D eigenvalue weighted by molar-refractivity contribution is 5.14. The highest BCUT2D eigenvalue weighted by Gasteiger charge is 2.36. The van der Waals surface area contributed by atoms with Gasteiger partial charge in [-0.05, 0) is 18.4 Å². The Labute approximate surface area is 148 Å². The van der Waals surface area contributed by atoms with Crippen molar-refractivity contribution in [2.75, 3.05) is 19.7 Å². The number of ether oxygens (including phenoxy) is 1. The zero-order chi connectivity index (χ0) is 17.1. The maximum absolute atomic E-state index is 6.41. The molecule has 0 bridgehead atoms. The molecule has 2 heterocycles. The smallest absolute Gasteiger partial charge is 0.229 e. The van der Waals surface area contributed by atoms with Gasteiger partial charge in [-0.25, -0.2) is 0 Å². The van der Waals surface area contributed by atoms with Crippen molar-refractivity contribution >= 4 is 0 Å². The summed E-state index contributed by atoms with van der Waals surface area (Å²) >= 11 is 0. The third kappa shape index (κ3) is 3.92. The molecule has 1 saturated heterocycles. The predicted octanol–water partition coefficient (Wildman–Crippen LogP) is 2.24. The molecule has 134 valence electrons. The molecule has 2 aromatic rings. The van der Waals surface area contributed by atoms with Crippen LogP contribution in [0.4, 0.5) is 0 Å². The fourth-order valence-corrected chi connectivity index (χ4v) is 3.85. The third-order valence-electron chi connectivity index (χ3n) is 5.28. The van der Waals surface area contributed by atoms with Gasteiger partial charge < -0.3 is 15.0 Å². The van der Waals surface area contributed by atoms with Gasteiger partial charge in [0.2, 0.25) is 5.89 Å². The van der Waals surface area contributed by atoms with Crippen LogP contribution in [0.2, 0.25) is 0 Å². The zero-order valence-electron chi connectivity index (χ0n) is 14.6. The van der Waals surface area contributed by atoms with Crippen LogP contribution in [0.1, 0.15) is 43.0 Å². The molecule has 1 saturated carbocycles. The first-order valence-electron chi connectivity index (χ1n) is 9.21. The van der Waals surface area contributed by atoms with E-state index >= 15 is 0 Å². The number of aromatic nitrogens is 2. The number of nitrogens with two attached hydrogens (primary N) is 1. The third-order valence-corrected chi connectivity index (χ3v) is 5.28. The van der Waals surface area contributed by atoms with Crippen molar-refractivity contribution in [3.8, 4) is 0 Å². The van der Waals surface area contributed by atoms with E-state index in [2.05, 4.69) is 39.3 Å². The van der Waals surface area contributed by atoms with E-state index in [1.807, 2.05) is 6.07 Å². The lowest BCUT2D eigenvalue weighted by Crippen LogP contribution is -2.42. The number of morpholine rings is 1. The molecule has 25 heavy (non-hydrogen) atoms. The maximum atomic E-state index is 6.41. The summed E-state index contributed by atoms with van der Waals surface area (Å²) in [5.41, 5.74) is 7.34. The van der Waals surface area contributed by atoms with Gasteiger partial charge in [0.1, 0.15) is 0 Å². The lowest BCUT2D eigenvalue weighted by Gasteiger charge is -2.32. The number of hydrogen-bond donors (Lipinski definition) is 1. The van der Waals surface area contributed by atoms with E-state index in [-0.39, 0.29) is 6.10 Å². The SMILES string of the molecule is NC1(c2noc(CC3CN(Cc4ccccc4)CCO3)n2)CCCC1. The van der Waals surface area contributed by atoms with Crippen molar-refractivity contribution in [2.24, 2.45) is 5.73 Å². The Morgan fingerprint density at radius 2 is 2.00 bits per heavy atom. The van der Waals surface area contributed by atoms with E-state index in [9.17, 15) is 0 Å². The quantitative estimate of drug-likeness (QED) is 0.898. The van der Waals surface area contributed by atoms with Crippen LogP contribution < -0.4 is 5.73 Å². The molecule has 1 aromatic heterocycles. The average Bonchev–Trinajstić information content (AvgIpc) is 3.26. The molecule has 0 radical (unpaired) electrons. The Morgan fingerprint density at radius 1 is 1.20 bits per heavy atom. The number of hydrogen-bond acceptors (Lipinski definition) is 6. The molecule has 1 aliphatic carbocycles. The molecule has 1 atom stereocenters. The Hall–Kier alpha value is -1.76. The summed E-state index contributed by atoms with van der Waals surface area (Å²) in [7, 11) is 0. The molecule has 1 aromatic carbocycles. The van der Waals surface area contributed by atoms with Crippen molar-refractivity contribution in [1.82, 2.24) is 15.0 Å². The molecule has 4 rings (SSSR count). The molecule has 0 amide bonds. The van der Waals surface area contributed by atoms with Gasteiger partial charge in [-0.2, -0.15) is 4.98 Å². The Bertz CT molecular complexity index is 682. The maximum Gasteiger partial charge on any atom is 0.229 e. The topological polar surface area (TPSA) is 77.4 Å². The molecular formula is C19H26N4O2. The average molecular weight is 342 g/mol. The van der Waals surface area contributed by atoms with Crippen LogP contribution in [0.25, 0.3) is 0 Å². The summed E-state index contributed by atoms with van der Waals surface area (Å²) in [6, 6.07) is 10.5. The Morgan fingerprint density at radius 3 is 2.80 bits per heavy atom. The summed E-state index contributed by atoms with van der Waals surface area (Å²) in [5, 5.41) is 4.14. The molecular weight excluding hydrogens is 316 g/mol. The van der Waals surface area contributed by atoms with Crippen molar-refractivity contribution in [3.63, 3.8) is 0 Å². The largest absolute Gasteiger partial charge is 0.375 e. The number of nitrogens with zero attached hydrogens (tertiary/aromatic N) is 3. The second-order valence-corrected chi connectivity index (χ2v) is 7.29. The van der Waals surface area contributed by atoms with E-state index in [1.165, 1.54) is 5.56 Å². The Balaban J connectivity index is 1.35. The summed E-state index contributed by atoms with van der Waals surface area (Å²) in [6.45, 7) is 3.51. The van der Waals surface area contributed by atoms with Crippen LogP contribution in [0, 0.1) is 0 Å². The molecule has 2 N–H and O–H groups in total. The summed E-state index contributed by atoms with van der Waals surface area (Å²) in [6.07, 6.45) is 4.89. The normalized spacial score (nSPS) is 23.8. The van der Waals surface area contributed by atoms with Crippen LogP contribution >= 0.6 is 0 Å². The van der Waals surface area contributed by atoms with E-state index < -0.39 is 5.54 Å². The Kier molecular flexibility index (Phi) is 4.83. The summed E-state index contributed by atoms with van der Waals surface area (Å²) in [5.74, 6) is 1.30. The molecule has 2 aliphatic rings. The fourth-order valence-electron chi connectivity index (χ4n) is 3.85. The fraction of sp³-hybridized carbons (Fsp3) is 0.579. The first-order valence-corrected chi connectivity index (χ1v) is 9.21. The molecule has 6 nitrogen and oxygen atoms in total. The first kappa shape index (κ1) is 16.7. The minimum atomic E-state index is -0.394. The molecule has 1 aliphatic heterocycles. The minimum Gasteiger partial charge on any atom is -0.375 e. The molecule has 2 fully saturated rings. The van der Waals surface area contributed by atoms with Gasteiger partial charge in [-0.1, -0.05) is 48.3 Å². The van der Waals surface area contributed by atoms with Crippen LogP contribution in [0.15, 0.2) is 34.9 Å². The van der Waals surface area contributed by atoms with Crippen molar-refractivity contribution < 1.29 is 9.26 Å². The van der Waals surface area contributed by atoms with E-state index in [1.54, 1.807) is 0 Å². The van der Waals surface area contributed by atoms with Crippen molar-refractivity contribution in [3.05, 3.63) is 47.6 Å². The lowest BCUT2D eigenvalue weighted by atomic mass is 9.99. The number of rotatable bonds is 5. The van der Waals surface area contributed by atoms with Gasteiger partial charge in [0.25, 0.3) is 0 Å². The predicted molar refractivity (Wildman–Crippen MR) is 93.8 cm³/mol. The standard InChI is InChI=1S/C19H26N4O2/c20-19(8-4-5-9-19)18-21-17(25-22-18)12-16-14-23(10-11-24-16)13-15-6-2-1-3-7-15/h1-3,6-7,16H,4-5,8-14,20H2. The van der Waals surface area contributed by atoms with E-state index in [4.69, 9.17) is 15.0 Å². The second kappa shape index (κ2) is 7.23. The van der Waals surface area contributed by atoms with Crippen LogP contribution in [0.3, 0.4) is 0 Å². The van der Waals surface area contributed by atoms with E-state index in [0.717, 1.165) is 51.9 Å². The van der Waals surface area contributed by atoms with Gasteiger partial charge in [-0.3, -0.25) is 4.90 Å². The van der Waals surface area contributed by atoms with E-state index in [0.29, 0.717) is 18.1 Å². The molecule has 1 unspecified atom stereocenters. The summed E-state index contributed by atoms with van der Waals surface area (Å²) in [4.78, 5) is 6.98. The van der Waals surface area contributed by atoms with Gasteiger partial charge in [0.15, 0.2) is 5.82 Å². The molecule has 6 heteroatoms. The van der Waals surface area contributed by atoms with Crippen LogP contribution in [-0.4, -0.2) is 40.8 Å². The van der Waals surface area contributed by atoms with Gasteiger partial charge in [0.05, 0.1) is 24.7 Å². The first-order chi connectivity index (χ1) is 12.2. The van der Waals surface area contributed by atoms with Crippen molar-refractivity contribution in [2.45, 2.75) is 50.3 Å². The monoisotopic (exact) mass is 342 g/mol. The highest BCUT2D eigenvalue weighted by Crippen LogP contribution is 2.34. The number of benzene rings is 1.